The molecule has 1 aliphatic rings. The minimum atomic E-state index is -0.0955. The summed E-state index contributed by atoms with van der Waals surface area (Å²) in [7, 11) is 0. The van der Waals surface area contributed by atoms with Crippen LogP contribution in [0.15, 0.2) is 84.9 Å². The Balaban J connectivity index is 1.77. The fourth-order valence-corrected chi connectivity index (χ4v) is 5.23. The summed E-state index contributed by atoms with van der Waals surface area (Å²) in [4.78, 5) is 18.7. The van der Waals surface area contributed by atoms with Gasteiger partial charge in [0, 0.05) is 6.42 Å². The van der Waals surface area contributed by atoms with Crippen molar-refractivity contribution in [1.29, 1.82) is 0 Å². The quantitative estimate of drug-likeness (QED) is 0.345. The molecule has 0 unspecified atom stereocenters. The highest BCUT2D eigenvalue weighted by Crippen LogP contribution is 2.36. The zero-order valence-electron chi connectivity index (χ0n) is 19.0. The van der Waals surface area contributed by atoms with E-state index in [1.807, 2.05) is 24.3 Å². The van der Waals surface area contributed by atoms with Gasteiger partial charge in [-0.15, -0.1) is 0 Å². The lowest BCUT2D eigenvalue weighted by Crippen LogP contribution is -2.45. The largest absolute Gasteiger partial charge is 0.314 e. The molecule has 0 radical (unpaired) electrons. The van der Waals surface area contributed by atoms with Crippen LogP contribution in [-0.4, -0.2) is 15.3 Å². The van der Waals surface area contributed by atoms with Crippen molar-refractivity contribution in [2.24, 2.45) is 5.41 Å². The van der Waals surface area contributed by atoms with Crippen molar-refractivity contribution < 1.29 is 9.36 Å². The smallest absolute Gasteiger partial charge is 0.290 e. The minimum absolute atomic E-state index is 0.0955. The molecule has 0 saturated carbocycles. The zero-order valence-corrected chi connectivity index (χ0v) is 19.0. The SMILES string of the molecule is CC1(C)CC(=O)c2c(nc3c4ccccc4n(Cc4ccccc4)c3[n+]2-c2ccccc2)C1. The summed E-state index contributed by atoms with van der Waals surface area (Å²) < 4.78 is 4.48. The number of nitrogens with zero attached hydrogens (tertiary/aromatic N) is 3. The first kappa shape index (κ1) is 19.9. The molecule has 4 heteroatoms. The number of hydrogen-bond acceptors (Lipinski definition) is 2. The van der Waals surface area contributed by atoms with Crippen molar-refractivity contribution in [1.82, 2.24) is 9.55 Å². The number of carbonyl (C=O) groups excluding carboxylic acids is 1. The van der Waals surface area contributed by atoms with Gasteiger partial charge in [-0.1, -0.05) is 74.5 Å². The van der Waals surface area contributed by atoms with Crippen LogP contribution in [0, 0.1) is 5.41 Å². The summed E-state index contributed by atoms with van der Waals surface area (Å²) in [6, 6.07) is 29.1. The van der Waals surface area contributed by atoms with Crippen LogP contribution in [0.2, 0.25) is 0 Å². The van der Waals surface area contributed by atoms with E-state index < -0.39 is 0 Å². The molecular weight excluding hydrogens is 406 g/mol. The number of aromatic nitrogens is 3. The first-order chi connectivity index (χ1) is 16.0. The summed E-state index contributed by atoms with van der Waals surface area (Å²) in [5.74, 6) is 0.163. The number of benzene rings is 3. The van der Waals surface area contributed by atoms with Crippen molar-refractivity contribution >= 4 is 27.9 Å². The summed E-state index contributed by atoms with van der Waals surface area (Å²) in [6.45, 7) is 5.02. The Kier molecular flexibility index (Phi) is 4.44. The fraction of sp³-hybridized carbons (Fsp3) is 0.207. The number of hydrogen-bond donors (Lipinski definition) is 0. The van der Waals surface area contributed by atoms with Crippen LogP contribution in [0.4, 0.5) is 0 Å². The monoisotopic (exact) mass is 432 g/mol. The van der Waals surface area contributed by atoms with Gasteiger partial charge in [-0.05, 0) is 41.7 Å². The molecule has 3 aromatic carbocycles. The lowest BCUT2D eigenvalue weighted by Gasteiger charge is -2.29. The number of ketones is 1. The average Bonchev–Trinajstić information content (AvgIpc) is 3.11. The van der Waals surface area contributed by atoms with Gasteiger partial charge in [0.15, 0.2) is 11.2 Å². The molecule has 6 rings (SSSR count). The molecule has 0 amide bonds. The van der Waals surface area contributed by atoms with E-state index in [0.717, 1.165) is 45.6 Å². The Bertz CT molecular complexity index is 1520. The van der Waals surface area contributed by atoms with E-state index >= 15 is 0 Å². The number of fused-ring (bicyclic) bond motifs is 4. The highest BCUT2D eigenvalue weighted by molar-refractivity contribution is 6.05. The van der Waals surface area contributed by atoms with Gasteiger partial charge in [0.05, 0.1) is 11.1 Å². The van der Waals surface area contributed by atoms with Crippen molar-refractivity contribution in [3.8, 4) is 5.69 Å². The first-order valence-corrected chi connectivity index (χ1v) is 11.5. The standard InChI is InChI=1S/C29H26N3O/c1-29(2)17-23-27(25(33)18-29)32(21-13-7-4-8-14-21)28-26(30-23)22-15-9-10-16-24(22)31(28)19-20-11-5-3-6-12-20/h3-16H,17-19H2,1-2H3/q+1. The van der Waals surface area contributed by atoms with E-state index in [-0.39, 0.29) is 11.2 Å². The Morgan fingerprint density at radius 1 is 0.879 bits per heavy atom. The molecule has 0 aliphatic heterocycles. The molecule has 0 bridgehead atoms. The van der Waals surface area contributed by atoms with Gasteiger partial charge in [0.25, 0.3) is 0 Å². The topological polar surface area (TPSA) is 38.8 Å². The number of rotatable bonds is 3. The third kappa shape index (κ3) is 3.25. The molecule has 2 aromatic heterocycles. The summed E-state index contributed by atoms with van der Waals surface area (Å²) in [6.07, 6.45) is 1.31. The van der Waals surface area contributed by atoms with E-state index in [9.17, 15) is 4.79 Å². The molecule has 0 spiro atoms. The third-order valence-electron chi connectivity index (χ3n) is 6.62. The van der Waals surface area contributed by atoms with E-state index in [1.165, 1.54) is 5.56 Å². The highest BCUT2D eigenvalue weighted by atomic mass is 16.1. The predicted molar refractivity (Wildman–Crippen MR) is 131 cm³/mol. The van der Waals surface area contributed by atoms with Crippen LogP contribution in [-0.2, 0) is 13.0 Å². The zero-order chi connectivity index (χ0) is 22.6. The number of para-hydroxylation sites is 2. The van der Waals surface area contributed by atoms with Crippen LogP contribution < -0.4 is 4.57 Å². The molecule has 0 saturated heterocycles. The number of carbonyl (C=O) groups is 1. The van der Waals surface area contributed by atoms with Crippen molar-refractivity contribution in [2.45, 2.75) is 33.2 Å². The Morgan fingerprint density at radius 3 is 2.30 bits per heavy atom. The van der Waals surface area contributed by atoms with Crippen LogP contribution in [0.25, 0.3) is 27.8 Å². The summed E-state index contributed by atoms with van der Waals surface area (Å²) in [5.41, 5.74) is 6.79. The summed E-state index contributed by atoms with van der Waals surface area (Å²) >= 11 is 0. The molecule has 2 heterocycles. The van der Waals surface area contributed by atoms with Crippen molar-refractivity contribution in [3.05, 3.63) is 102 Å². The molecular formula is C29H26N3O+. The van der Waals surface area contributed by atoms with Crippen LogP contribution in [0.5, 0.6) is 0 Å². The van der Waals surface area contributed by atoms with E-state index in [2.05, 4.69) is 83.6 Å². The molecule has 0 atom stereocenters. The second-order valence-electron chi connectivity index (χ2n) is 9.78. The number of Topliss-reactive ketones (excluding diaryl/α,β-unsaturated/α-hetero) is 1. The van der Waals surface area contributed by atoms with Crippen molar-refractivity contribution in [2.75, 3.05) is 0 Å². The molecule has 0 fully saturated rings. The van der Waals surface area contributed by atoms with Gasteiger partial charge in [-0.25, -0.2) is 9.55 Å². The second kappa shape index (κ2) is 7.38. The maximum Gasteiger partial charge on any atom is 0.314 e. The molecule has 5 aromatic rings. The van der Waals surface area contributed by atoms with Gasteiger partial charge in [0.2, 0.25) is 5.78 Å². The maximum absolute atomic E-state index is 13.6. The minimum Gasteiger partial charge on any atom is -0.290 e. The molecule has 4 nitrogen and oxygen atoms in total. The molecule has 33 heavy (non-hydrogen) atoms. The Morgan fingerprint density at radius 2 is 1.55 bits per heavy atom. The lowest BCUT2D eigenvalue weighted by molar-refractivity contribution is -0.574. The lowest BCUT2D eigenvalue weighted by atomic mass is 9.77. The average molecular weight is 433 g/mol. The predicted octanol–water partition coefficient (Wildman–Crippen LogP) is 5.67. The van der Waals surface area contributed by atoms with Gasteiger partial charge in [0.1, 0.15) is 17.7 Å². The third-order valence-corrected chi connectivity index (χ3v) is 6.62. The van der Waals surface area contributed by atoms with Gasteiger partial charge < -0.3 is 0 Å². The van der Waals surface area contributed by atoms with Gasteiger partial charge >= 0.3 is 5.65 Å². The van der Waals surface area contributed by atoms with Crippen molar-refractivity contribution in [3.63, 3.8) is 0 Å². The second-order valence-corrected chi connectivity index (χ2v) is 9.78. The van der Waals surface area contributed by atoms with Crippen LogP contribution in [0.1, 0.15) is 42.0 Å². The molecule has 162 valence electrons. The maximum atomic E-state index is 13.6. The van der Waals surface area contributed by atoms with E-state index in [0.29, 0.717) is 13.0 Å². The van der Waals surface area contributed by atoms with Gasteiger partial charge in [-0.3, -0.25) is 4.79 Å². The highest BCUT2D eigenvalue weighted by Gasteiger charge is 2.39. The molecule has 0 N–H and O–H groups in total. The van der Waals surface area contributed by atoms with E-state index in [1.54, 1.807) is 0 Å². The van der Waals surface area contributed by atoms with Crippen LogP contribution >= 0.6 is 0 Å². The Labute approximate surface area is 193 Å². The van der Waals surface area contributed by atoms with Gasteiger partial charge in [-0.2, -0.15) is 4.57 Å². The normalized spacial score (nSPS) is 15.2. The first-order valence-electron chi connectivity index (χ1n) is 11.5. The van der Waals surface area contributed by atoms with Crippen LogP contribution in [0.3, 0.4) is 0 Å². The summed E-state index contributed by atoms with van der Waals surface area (Å²) in [5, 5.41) is 1.12. The van der Waals surface area contributed by atoms with E-state index in [4.69, 9.17) is 4.98 Å². The molecule has 1 aliphatic carbocycles. The fourth-order valence-electron chi connectivity index (χ4n) is 5.23. The Hall–Kier alpha value is -3.79.